The number of nitriles is 1. The van der Waals surface area contributed by atoms with E-state index in [1.165, 1.54) is 11.9 Å². The molecule has 0 fully saturated rings. The molecule has 6 heteroatoms. The number of aromatic nitrogens is 2. The van der Waals surface area contributed by atoms with E-state index in [4.69, 9.17) is 5.26 Å². The average molecular weight is 332 g/mol. The van der Waals surface area contributed by atoms with Gasteiger partial charge in [-0.05, 0) is 17.7 Å². The van der Waals surface area contributed by atoms with Crippen LogP contribution in [0.2, 0.25) is 0 Å². The summed E-state index contributed by atoms with van der Waals surface area (Å²) in [5.41, 5.74) is 1.17. The lowest BCUT2D eigenvalue weighted by Crippen LogP contribution is -2.05. The minimum absolute atomic E-state index is 0.450. The van der Waals surface area contributed by atoms with Crippen molar-refractivity contribution in [2.75, 3.05) is 17.2 Å². The highest BCUT2D eigenvalue weighted by atomic mass is 79.9. The van der Waals surface area contributed by atoms with Gasteiger partial charge in [-0.25, -0.2) is 9.97 Å². The summed E-state index contributed by atoms with van der Waals surface area (Å²) in [6, 6.07) is 12.0. The minimum Gasteiger partial charge on any atom is -0.369 e. The maximum atomic E-state index is 8.49. The second-order valence-corrected chi connectivity index (χ2v) is 5.02. The Morgan fingerprint density at radius 3 is 2.50 bits per heavy atom. The molecule has 0 bridgehead atoms. The summed E-state index contributed by atoms with van der Waals surface area (Å²) in [5.74, 6) is 1.47. The Kier molecular flexibility index (Phi) is 5.33. The molecule has 0 saturated carbocycles. The Hall–Kier alpha value is -2.13. The summed E-state index contributed by atoms with van der Waals surface area (Å²) in [5, 5.41) is 14.8. The Morgan fingerprint density at radius 1 is 1.10 bits per heavy atom. The van der Waals surface area contributed by atoms with E-state index in [0.29, 0.717) is 25.3 Å². The van der Waals surface area contributed by atoms with Crippen LogP contribution >= 0.6 is 15.9 Å². The zero-order valence-electron chi connectivity index (χ0n) is 10.8. The second kappa shape index (κ2) is 7.46. The van der Waals surface area contributed by atoms with E-state index in [0.717, 1.165) is 10.3 Å². The third kappa shape index (κ3) is 4.52. The van der Waals surface area contributed by atoms with Crippen LogP contribution in [0.5, 0.6) is 0 Å². The predicted molar refractivity (Wildman–Crippen MR) is 82.2 cm³/mol. The topological polar surface area (TPSA) is 73.6 Å². The van der Waals surface area contributed by atoms with Gasteiger partial charge in [0.2, 0.25) is 0 Å². The number of benzene rings is 1. The second-order valence-electron chi connectivity index (χ2n) is 4.10. The van der Waals surface area contributed by atoms with E-state index in [2.05, 4.69) is 42.6 Å². The first-order chi connectivity index (χ1) is 9.78. The predicted octanol–water partition coefficient (Wildman–Crippen LogP) is 3.18. The lowest BCUT2D eigenvalue weighted by molar-refractivity contribution is 1.03. The summed E-state index contributed by atoms with van der Waals surface area (Å²) >= 11 is 3.41. The fraction of sp³-hybridized carbons (Fsp3) is 0.214. The first kappa shape index (κ1) is 14.3. The minimum atomic E-state index is 0.450. The van der Waals surface area contributed by atoms with Gasteiger partial charge in [0.25, 0.3) is 0 Å². The molecule has 0 aliphatic heterocycles. The van der Waals surface area contributed by atoms with Crippen LogP contribution in [0, 0.1) is 11.3 Å². The Morgan fingerprint density at radius 2 is 1.80 bits per heavy atom. The van der Waals surface area contributed by atoms with Gasteiger partial charge in [-0.3, -0.25) is 0 Å². The number of hydrogen-bond donors (Lipinski definition) is 2. The van der Waals surface area contributed by atoms with E-state index >= 15 is 0 Å². The van der Waals surface area contributed by atoms with Crippen molar-refractivity contribution >= 4 is 27.6 Å². The van der Waals surface area contributed by atoms with Gasteiger partial charge in [0, 0.05) is 23.6 Å². The first-order valence-corrected chi connectivity index (χ1v) is 6.98. The number of rotatable bonds is 6. The van der Waals surface area contributed by atoms with Crippen LogP contribution in [-0.2, 0) is 6.54 Å². The molecule has 0 saturated heterocycles. The standard InChI is InChI=1S/C14H14BrN5/c15-12-4-2-11(3-5-12)9-18-14-8-13(19-10-20-14)17-7-1-6-16/h2-5,8,10H,1,7,9H2,(H2,17,18,19,20). The first-order valence-electron chi connectivity index (χ1n) is 6.19. The molecule has 0 amide bonds. The summed E-state index contributed by atoms with van der Waals surface area (Å²) in [6.07, 6.45) is 1.95. The third-order valence-electron chi connectivity index (χ3n) is 2.60. The Labute approximate surface area is 126 Å². The maximum absolute atomic E-state index is 8.49. The number of nitrogens with zero attached hydrogens (tertiary/aromatic N) is 3. The largest absolute Gasteiger partial charge is 0.369 e. The SMILES string of the molecule is N#CCCNc1cc(NCc2ccc(Br)cc2)ncn1. The van der Waals surface area contributed by atoms with E-state index in [-0.39, 0.29) is 0 Å². The fourth-order valence-electron chi connectivity index (χ4n) is 1.59. The van der Waals surface area contributed by atoms with Gasteiger partial charge in [0.05, 0.1) is 12.5 Å². The van der Waals surface area contributed by atoms with Crippen LogP contribution in [-0.4, -0.2) is 16.5 Å². The van der Waals surface area contributed by atoms with Gasteiger partial charge in [-0.2, -0.15) is 5.26 Å². The third-order valence-corrected chi connectivity index (χ3v) is 3.13. The molecule has 5 nitrogen and oxygen atoms in total. The van der Waals surface area contributed by atoms with E-state index in [1.807, 2.05) is 30.3 Å². The van der Waals surface area contributed by atoms with Gasteiger partial charge in [-0.15, -0.1) is 0 Å². The van der Waals surface area contributed by atoms with Gasteiger partial charge in [0.15, 0.2) is 0 Å². The zero-order valence-corrected chi connectivity index (χ0v) is 12.4. The normalized spacial score (nSPS) is 9.80. The van der Waals surface area contributed by atoms with E-state index < -0.39 is 0 Å². The average Bonchev–Trinajstić information content (AvgIpc) is 2.47. The van der Waals surface area contributed by atoms with Crippen molar-refractivity contribution < 1.29 is 0 Å². The molecule has 0 aliphatic rings. The van der Waals surface area contributed by atoms with Crippen LogP contribution in [0.3, 0.4) is 0 Å². The van der Waals surface area contributed by atoms with Crippen LogP contribution < -0.4 is 10.6 Å². The molecule has 2 rings (SSSR count). The van der Waals surface area contributed by atoms with Gasteiger partial charge in [0.1, 0.15) is 18.0 Å². The molecule has 1 aromatic carbocycles. The smallest absolute Gasteiger partial charge is 0.131 e. The highest BCUT2D eigenvalue weighted by Crippen LogP contribution is 2.13. The van der Waals surface area contributed by atoms with Crippen molar-refractivity contribution in [3.05, 3.63) is 46.7 Å². The number of hydrogen-bond acceptors (Lipinski definition) is 5. The highest BCUT2D eigenvalue weighted by Gasteiger charge is 1.99. The number of nitrogens with one attached hydrogen (secondary N) is 2. The summed E-state index contributed by atoms with van der Waals surface area (Å²) < 4.78 is 1.06. The molecule has 0 radical (unpaired) electrons. The van der Waals surface area contributed by atoms with E-state index in [9.17, 15) is 0 Å². The maximum Gasteiger partial charge on any atom is 0.131 e. The molecule has 0 spiro atoms. The van der Waals surface area contributed by atoms with Crippen molar-refractivity contribution in [1.29, 1.82) is 5.26 Å². The summed E-state index contributed by atoms with van der Waals surface area (Å²) in [6.45, 7) is 1.28. The summed E-state index contributed by atoms with van der Waals surface area (Å²) in [4.78, 5) is 8.26. The lowest BCUT2D eigenvalue weighted by Gasteiger charge is -2.08. The van der Waals surface area contributed by atoms with Gasteiger partial charge < -0.3 is 10.6 Å². The number of anilines is 2. The van der Waals surface area contributed by atoms with Crippen molar-refractivity contribution in [3.63, 3.8) is 0 Å². The molecule has 20 heavy (non-hydrogen) atoms. The van der Waals surface area contributed by atoms with Crippen molar-refractivity contribution in [2.24, 2.45) is 0 Å². The fourth-order valence-corrected chi connectivity index (χ4v) is 1.86. The Balaban J connectivity index is 1.91. The molecule has 1 aromatic heterocycles. The quantitative estimate of drug-likeness (QED) is 0.795. The highest BCUT2D eigenvalue weighted by molar-refractivity contribution is 9.10. The van der Waals surface area contributed by atoms with Crippen LogP contribution in [0.4, 0.5) is 11.6 Å². The molecule has 0 atom stereocenters. The van der Waals surface area contributed by atoms with Crippen molar-refractivity contribution in [2.45, 2.75) is 13.0 Å². The monoisotopic (exact) mass is 331 g/mol. The van der Waals surface area contributed by atoms with Crippen LogP contribution in [0.15, 0.2) is 41.1 Å². The summed E-state index contributed by atoms with van der Waals surface area (Å²) in [7, 11) is 0. The molecule has 0 unspecified atom stereocenters. The van der Waals surface area contributed by atoms with Gasteiger partial charge >= 0.3 is 0 Å². The van der Waals surface area contributed by atoms with Crippen molar-refractivity contribution in [1.82, 2.24) is 9.97 Å². The molecular formula is C14H14BrN5. The molecular weight excluding hydrogens is 318 g/mol. The van der Waals surface area contributed by atoms with Crippen molar-refractivity contribution in [3.8, 4) is 6.07 Å². The number of halogens is 1. The van der Waals surface area contributed by atoms with Gasteiger partial charge in [-0.1, -0.05) is 28.1 Å². The Bertz CT molecular complexity index is 591. The molecule has 2 aromatic rings. The molecule has 2 N–H and O–H groups in total. The molecule has 102 valence electrons. The zero-order chi connectivity index (χ0) is 14.2. The van der Waals surface area contributed by atoms with Crippen LogP contribution in [0.25, 0.3) is 0 Å². The molecule has 1 heterocycles. The molecule has 0 aliphatic carbocycles. The van der Waals surface area contributed by atoms with E-state index in [1.54, 1.807) is 0 Å². The lowest BCUT2D eigenvalue weighted by atomic mass is 10.2. The van der Waals surface area contributed by atoms with Crippen LogP contribution in [0.1, 0.15) is 12.0 Å².